The lowest BCUT2D eigenvalue weighted by molar-refractivity contribution is -0.138. The molecule has 94 valence electrons. The van der Waals surface area contributed by atoms with Crippen LogP contribution in [-0.4, -0.2) is 23.0 Å². The Balaban J connectivity index is 2.81. The number of rotatable bonds is 4. The highest BCUT2D eigenvalue weighted by atomic mass is 16.4. The number of carbonyl (C=O) groups is 2. The molecule has 0 heterocycles. The molecule has 1 amide bonds. The minimum absolute atomic E-state index is 0.405. The average molecular weight is 247 g/mol. The van der Waals surface area contributed by atoms with Crippen LogP contribution in [0.3, 0.4) is 0 Å². The van der Waals surface area contributed by atoms with E-state index in [2.05, 4.69) is 5.32 Å². The molecule has 0 aromatic heterocycles. The van der Waals surface area contributed by atoms with Crippen LogP contribution in [0.4, 0.5) is 5.69 Å². The van der Waals surface area contributed by atoms with E-state index in [9.17, 15) is 9.59 Å². The Morgan fingerprint density at radius 2 is 2.22 bits per heavy atom. The summed E-state index contributed by atoms with van der Waals surface area (Å²) < 4.78 is 0. The Hall–Kier alpha value is -2.39. The molecule has 1 aromatic carbocycles. The highest BCUT2D eigenvalue weighted by molar-refractivity contribution is 5.97. The Morgan fingerprint density at radius 3 is 2.78 bits per heavy atom. The van der Waals surface area contributed by atoms with Crippen LogP contribution in [0.25, 0.3) is 0 Å². The second-order valence-electron chi connectivity index (χ2n) is 3.84. The third-order valence-corrected chi connectivity index (χ3v) is 2.36. The van der Waals surface area contributed by atoms with Crippen LogP contribution in [-0.2, 0) is 9.59 Å². The largest absolute Gasteiger partial charge is 0.481 e. The van der Waals surface area contributed by atoms with E-state index in [0.717, 1.165) is 5.56 Å². The van der Waals surface area contributed by atoms with Crippen molar-refractivity contribution in [1.29, 1.82) is 5.26 Å². The molecule has 0 aliphatic rings. The van der Waals surface area contributed by atoms with Crippen molar-refractivity contribution in [2.24, 2.45) is 5.73 Å². The summed E-state index contributed by atoms with van der Waals surface area (Å²) in [6.45, 7) is 1.76. The van der Waals surface area contributed by atoms with Gasteiger partial charge in [-0.15, -0.1) is 0 Å². The minimum Gasteiger partial charge on any atom is -0.481 e. The second kappa shape index (κ2) is 5.80. The molecule has 1 rings (SSSR count). The van der Waals surface area contributed by atoms with Crippen LogP contribution in [0.2, 0.25) is 0 Å². The van der Waals surface area contributed by atoms with Gasteiger partial charge in [-0.1, -0.05) is 6.07 Å². The van der Waals surface area contributed by atoms with Crippen LogP contribution in [0.15, 0.2) is 18.2 Å². The highest BCUT2D eigenvalue weighted by Crippen LogP contribution is 2.16. The number of amides is 1. The van der Waals surface area contributed by atoms with Gasteiger partial charge >= 0.3 is 5.97 Å². The molecular formula is C12H13N3O3. The number of anilines is 1. The van der Waals surface area contributed by atoms with Crippen LogP contribution in [0.1, 0.15) is 17.5 Å². The normalized spacial score (nSPS) is 11.4. The van der Waals surface area contributed by atoms with Gasteiger partial charge in [-0.25, -0.2) is 0 Å². The van der Waals surface area contributed by atoms with Gasteiger partial charge < -0.3 is 16.2 Å². The van der Waals surface area contributed by atoms with Gasteiger partial charge in [0.2, 0.25) is 5.91 Å². The van der Waals surface area contributed by atoms with E-state index in [0.29, 0.717) is 11.3 Å². The first-order valence-electron chi connectivity index (χ1n) is 5.23. The Kier molecular flexibility index (Phi) is 4.40. The summed E-state index contributed by atoms with van der Waals surface area (Å²) in [7, 11) is 0. The number of aliphatic carboxylic acids is 1. The van der Waals surface area contributed by atoms with Gasteiger partial charge in [-0.05, 0) is 24.6 Å². The first-order chi connectivity index (χ1) is 8.43. The number of nitriles is 1. The molecule has 0 radical (unpaired) electrons. The molecule has 1 aromatic rings. The zero-order valence-electron chi connectivity index (χ0n) is 9.80. The number of carbonyl (C=O) groups excluding carboxylic acids is 1. The lowest BCUT2D eigenvalue weighted by Crippen LogP contribution is -2.37. The zero-order valence-corrected chi connectivity index (χ0v) is 9.80. The van der Waals surface area contributed by atoms with Gasteiger partial charge in [-0.2, -0.15) is 5.26 Å². The summed E-state index contributed by atoms with van der Waals surface area (Å²) in [4.78, 5) is 22.0. The number of carboxylic acid groups (broad SMARTS) is 1. The van der Waals surface area contributed by atoms with Crippen molar-refractivity contribution in [2.45, 2.75) is 19.4 Å². The number of aryl methyl sites for hydroxylation is 1. The third kappa shape index (κ3) is 3.57. The molecule has 0 bridgehead atoms. The fraction of sp³-hybridized carbons (Fsp3) is 0.250. The summed E-state index contributed by atoms with van der Waals surface area (Å²) in [6, 6.07) is 5.67. The first kappa shape index (κ1) is 13.7. The number of nitrogens with zero attached hydrogens (tertiary/aromatic N) is 1. The molecule has 0 aliphatic carbocycles. The van der Waals surface area contributed by atoms with Gasteiger partial charge in [0.25, 0.3) is 0 Å². The van der Waals surface area contributed by atoms with Crippen LogP contribution in [0.5, 0.6) is 0 Å². The molecule has 18 heavy (non-hydrogen) atoms. The average Bonchev–Trinajstić information content (AvgIpc) is 2.31. The van der Waals surface area contributed by atoms with Gasteiger partial charge in [-0.3, -0.25) is 9.59 Å². The maximum Gasteiger partial charge on any atom is 0.305 e. The van der Waals surface area contributed by atoms with E-state index in [1.807, 2.05) is 6.07 Å². The smallest absolute Gasteiger partial charge is 0.305 e. The van der Waals surface area contributed by atoms with Crippen LogP contribution < -0.4 is 11.1 Å². The molecule has 1 atom stereocenters. The predicted octanol–water partition coefficient (Wildman–Crippen LogP) is 0.607. The molecule has 1 unspecified atom stereocenters. The molecule has 6 heteroatoms. The maximum atomic E-state index is 11.6. The van der Waals surface area contributed by atoms with Crippen molar-refractivity contribution >= 4 is 17.6 Å². The summed E-state index contributed by atoms with van der Waals surface area (Å²) in [5, 5.41) is 19.8. The third-order valence-electron chi connectivity index (χ3n) is 2.36. The lowest BCUT2D eigenvalue weighted by atomic mass is 10.1. The van der Waals surface area contributed by atoms with E-state index in [-0.39, 0.29) is 0 Å². The van der Waals surface area contributed by atoms with Gasteiger partial charge in [0.05, 0.1) is 24.1 Å². The van der Waals surface area contributed by atoms with Crippen molar-refractivity contribution in [3.8, 4) is 6.07 Å². The fourth-order valence-electron chi connectivity index (χ4n) is 1.33. The highest BCUT2D eigenvalue weighted by Gasteiger charge is 2.17. The number of benzene rings is 1. The van der Waals surface area contributed by atoms with E-state index < -0.39 is 24.3 Å². The predicted molar refractivity (Wildman–Crippen MR) is 64.8 cm³/mol. The second-order valence-corrected chi connectivity index (χ2v) is 3.84. The van der Waals surface area contributed by atoms with E-state index in [1.165, 1.54) is 6.07 Å². The molecule has 0 saturated heterocycles. The van der Waals surface area contributed by atoms with Crippen molar-refractivity contribution < 1.29 is 14.7 Å². The van der Waals surface area contributed by atoms with Crippen molar-refractivity contribution in [2.75, 3.05) is 5.32 Å². The Bertz CT molecular complexity index is 520. The molecule has 0 aliphatic heterocycles. The monoisotopic (exact) mass is 247 g/mol. The van der Waals surface area contributed by atoms with Crippen LogP contribution >= 0.6 is 0 Å². The van der Waals surface area contributed by atoms with Crippen molar-refractivity contribution in [1.82, 2.24) is 0 Å². The first-order valence-corrected chi connectivity index (χ1v) is 5.23. The molecule has 4 N–H and O–H groups in total. The van der Waals surface area contributed by atoms with Gasteiger partial charge in [0, 0.05) is 5.69 Å². The van der Waals surface area contributed by atoms with Crippen LogP contribution in [0, 0.1) is 18.3 Å². The Labute approximate surface area is 104 Å². The molecule has 0 saturated carbocycles. The summed E-state index contributed by atoms with van der Waals surface area (Å²) in [6.07, 6.45) is -0.442. The number of carboxylic acids is 1. The molecular weight excluding hydrogens is 234 g/mol. The summed E-state index contributed by atoms with van der Waals surface area (Å²) >= 11 is 0. The minimum atomic E-state index is -1.14. The molecule has 0 spiro atoms. The van der Waals surface area contributed by atoms with Gasteiger partial charge in [0.15, 0.2) is 0 Å². The molecule has 0 fully saturated rings. The van der Waals surface area contributed by atoms with Crippen molar-refractivity contribution in [3.05, 3.63) is 29.3 Å². The summed E-state index contributed by atoms with van der Waals surface area (Å²) in [5.74, 6) is -1.73. The number of hydrogen-bond donors (Lipinski definition) is 3. The lowest BCUT2D eigenvalue weighted by Gasteiger charge is -2.12. The topological polar surface area (TPSA) is 116 Å². The quantitative estimate of drug-likeness (QED) is 0.720. The Morgan fingerprint density at radius 1 is 1.56 bits per heavy atom. The summed E-state index contributed by atoms with van der Waals surface area (Å²) in [5.41, 5.74) is 7.06. The van der Waals surface area contributed by atoms with Gasteiger partial charge in [0.1, 0.15) is 0 Å². The van der Waals surface area contributed by atoms with Crippen molar-refractivity contribution in [3.63, 3.8) is 0 Å². The number of nitrogens with one attached hydrogen (secondary N) is 1. The maximum absolute atomic E-state index is 11.6. The SMILES string of the molecule is Cc1ccc(C#N)cc1NC(=O)C(N)CC(=O)O. The standard InChI is InChI=1S/C12H13N3O3/c1-7-2-3-8(6-13)4-10(7)15-12(18)9(14)5-11(16)17/h2-4,9H,5,14H2,1H3,(H,15,18)(H,16,17). The number of nitrogens with two attached hydrogens (primary N) is 1. The van der Waals surface area contributed by atoms with E-state index in [4.69, 9.17) is 16.1 Å². The van der Waals surface area contributed by atoms with E-state index >= 15 is 0 Å². The fourth-order valence-corrected chi connectivity index (χ4v) is 1.33. The molecule has 6 nitrogen and oxygen atoms in total. The number of hydrogen-bond acceptors (Lipinski definition) is 4. The zero-order chi connectivity index (χ0) is 13.7. The van der Waals surface area contributed by atoms with E-state index in [1.54, 1.807) is 19.1 Å².